The highest BCUT2D eigenvalue weighted by molar-refractivity contribution is 5.19. The highest BCUT2D eigenvalue weighted by Gasteiger charge is 2.31. The summed E-state index contributed by atoms with van der Waals surface area (Å²) >= 11 is 0. The van der Waals surface area contributed by atoms with Gasteiger partial charge in [0.15, 0.2) is 11.5 Å². The quantitative estimate of drug-likeness (QED) is 0.442. The van der Waals surface area contributed by atoms with Crippen LogP contribution in [0.1, 0.15) is 87.0 Å². The number of unbranched alkanes of at least 4 members (excludes halogenated alkanes) is 1. The van der Waals surface area contributed by atoms with Gasteiger partial charge in [-0.3, -0.25) is 0 Å². The number of methoxy groups -OCH3 is 1. The normalized spacial score (nSPS) is 20.6. The molecular formula is C21H42O2. The largest absolute Gasteiger partial charge is 0.494 e. The Morgan fingerprint density at radius 3 is 2.35 bits per heavy atom. The molecule has 0 fully saturated rings. The van der Waals surface area contributed by atoms with Crippen molar-refractivity contribution in [1.82, 2.24) is 0 Å². The third-order valence-electron chi connectivity index (χ3n) is 4.09. The van der Waals surface area contributed by atoms with Crippen LogP contribution in [0.2, 0.25) is 0 Å². The molecule has 2 heteroatoms. The topological polar surface area (TPSA) is 18.5 Å². The van der Waals surface area contributed by atoms with Crippen molar-refractivity contribution in [2.45, 2.75) is 93.1 Å². The molecule has 0 aromatic rings. The highest BCUT2D eigenvalue weighted by atomic mass is 16.5. The molecule has 0 radical (unpaired) electrons. The number of hydrogen-bond acceptors (Lipinski definition) is 2. The van der Waals surface area contributed by atoms with Crippen molar-refractivity contribution in [1.29, 1.82) is 0 Å². The minimum Gasteiger partial charge on any atom is -0.494 e. The monoisotopic (exact) mass is 326 g/mol. The van der Waals surface area contributed by atoms with E-state index < -0.39 is 0 Å². The summed E-state index contributed by atoms with van der Waals surface area (Å²) in [7, 11) is 1.65. The van der Waals surface area contributed by atoms with Crippen molar-refractivity contribution in [3.8, 4) is 0 Å². The van der Waals surface area contributed by atoms with Gasteiger partial charge in [0.2, 0.25) is 0 Å². The first-order valence-electron chi connectivity index (χ1n) is 9.74. The average molecular weight is 327 g/mol. The molecule has 3 atom stereocenters. The molecule has 0 amide bonds. The van der Waals surface area contributed by atoms with Gasteiger partial charge in [-0.05, 0) is 37.2 Å². The standard InChI is InChI=1S/C17H30O2.2C2H6/c1-6-8-10-15-11-12-16(14(4)18-5)19-17(15)13(3)9-7-2;2*1-2/h12-13,15,17H,4,6-11H2,1-3,5H3;2*1-2H3. The van der Waals surface area contributed by atoms with Gasteiger partial charge < -0.3 is 9.47 Å². The van der Waals surface area contributed by atoms with Gasteiger partial charge in [0.05, 0.1) is 7.11 Å². The Hall–Kier alpha value is -0.920. The molecule has 0 aliphatic carbocycles. The smallest absolute Gasteiger partial charge is 0.157 e. The van der Waals surface area contributed by atoms with Gasteiger partial charge in [-0.25, -0.2) is 0 Å². The molecule has 0 spiro atoms. The number of rotatable bonds is 8. The molecule has 0 N–H and O–H groups in total. The van der Waals surface area contributed by atoms with Crippen LogP contribution >= 0.6 is 0 Å². The maximum atomic E-state index is 6.20. The van der Waals surface area contributed by atoms with Gasteiger partial charge in [0.1, 0.15) is 6.10 Å². The van der Waals surface area contributed by atoms with E-state index in [0.29, 0.717) is 23.7 Å². The van der Waals surface area contributed by atoms with Crippen molar-refractivity contribution in [2.75, 3.05) is 7.11 Å². The first kappa shape index (κ1) is 24.3. The summed E-state index contributed by atoms with van der Waals surface area (Å²) in [5.74, 6) is 2.75. The molecule has 1 aliphatic heterocycles. The SMILES string of the molecule is C=C(OC)C1=CCC(CCCC)C(C(C)CCC)O1.CC.CC. The minimum atomic E-state index is 0.318. The zero-order valence-electron chi connectivity index (χ0n) is 17.1. The van der Waals surface area contributed by atoms with Crippen molar-refractivity contribution >= 4 is 0 Å². The van der Waals surface area contributed by atoms with Gasteiger partial charge in [-0.1, -0.05) is 74.3 Å². The maximum absolute atomic E-state index is 6.20. The van der Waals surface area contributed by atoms with Crippen LogP contribution in [-0.4, -0.2) is 13.2 Å². The van der Waals surface area contributed by atoms with Crippen LogP contribution in [0.5, 0.6) is 0 Å². The zero-order chi connectivity index (χ0) is 18.3. The van der Waals surface area contributed by atoms with Gasteiger partial charge in [-0.2, -0.15) is 0 Å². The van der Waals surface area contributed by atoms with Crippen LogP contribution in [-0.2, 0) is 9.47 Å². The Morgan fingerprint density at radius 1 is 1.26 bits per heavy atom. The van der Waals surface area contributed by atoms with E-state index in [2.05, 4.69) is 33.4 Å². The van der Waals surface area contributed by atoms with Crippen molar-refractivity contribution < 1.29 is 9.47 Å². The number of ether oxygens (including phenoxy) is 2. The molecule has 2 nitrogen and oxygen atoms in total. The second kappa shape index (κ2) is 16.0. The Morgan fingerprint density at radius 2 is 1.87 bits per heavy atom. The lowest BCUT2D eigenvalue weighted by molar-refractivity contribution is -0.00227. The second-order valence-corrected chi connectivity index (χ2v) is 5.68. The molecule has 1 rings (SSSR count). The maximum Gasteiger partial charge on any atom is 0.157 e. The highest BCUT2D eigenvalue weighted by Crippen LogP contribution is 2.35. The van der Waals surface area contributed by atoms with Gasteiger partial charge >= 0.3 is 0 Å². The second-order valence-electron chi connectivity index (χ2n) is 5.68. The van der Waals surface area contributed by atoms with E-state index >= 15 is 0 Å². The lowest BCUT2D eigenvalue weighted by atomic mass is 9.82. The lowest BCUT2D eigenvalue weighted by Crippen LogP contribution is -2.33. The Bertz CT molecular complexity index is 307. The fraction of sp³-hybridized carbons (Fsp3) is 0.810. The Labute approximate surface area is 146 Å². The van der Waals surface area contributed by atoms with E-state index in [9.17, 15) is 0 Å². The van der Waals surface area contributed by atoms with Gasteiger partial charge in [0, 0.05) is 0 Å². The average Bonchev–Trinajstić information content (AvgIpc) is 2.62. The van der Waals surface area contributed by atoms with Crippen LogP contribution in [0.25, 0.3) is 0 Å². The van der Waals surface area contributed by atoms with Crippen LogP contribution in [0.4, 0.5) is 0 Å². The van der Waals surface area contributed by atoms with Gasteiger partial charge in [0.25, 0.3) is 0 Å². The van der Waals surface area contributed by atoms with E-state index in [1.807, 2.05) is 27.7 Å². The molecule has 1 heterocycles. The number of allylic oxidation sites excluding steroid dienone is 1. The molecule has 0 bridgehead atoms. The van der Waals surface area contributed by atoms with E-state index in [1.54, 1.807) is 7.11 Å². The molecule has 0 saturated heterocycles. The van der Waals surface area contributed by atoms with E-state index in [1.165, 1.54) is 32.1 Å². The fourth-order valence-corrected chi connectivity index (χ4v) is 2.91. The molecule has 138 valence electrons. The minimum absolute atomic E-state index is 0.318. The molecule has 0 aromatic heterocycles. The summed E-state index contributed by atoms with van der Waals surface area (Å²) in [6.07, 6.45) is 9.81. The molecule has 3 unspecified atom stereocenters. The van der Waals surface area contributed by atoms with E-state index in [4.69, 9.17) is 9.47 Å². The summed E-state index contributed by atoms with van der Waals surface area (Å²) in [5, 5.41) is 0. The third kappa shape index (κ3) is 9.07. The molecule has 23 heavy (non-hydrogen) atoms. The first-order valence-corrected chi connectivity index (χ1v) is 9.74. The zero-order valence-corrected chi connectivity index (χ0v) is 17.1. The van der Waals surface area contributed by atoms with E-state index in [-0.39, 0.29) is 0 Å². The van der Waals surface area contributed by atoms with Crippen molar-refractivity contribution in [2.24, 2.45) is 11.8 Å². The summed E-state index contributed by atoms with van der Waals surface area (Å²) in [6.45, 7) is 18.7. The van der Waals surface area contributed by atoms with Crippen LogP contribution in [0, 0.1) is 11.8 Å². The summed E-state index contributed by atoms with van der Waals surface area (Å²) in [6, 6.07) is 0. The van der Waals surface area contributed by atoms with Crippen molar-refractivity contribution in [3.63, 3.8) is 0 Å². The fourth-order valence-electron chi connectivity index (χ4n) is 2.91. The van der Waals surface area contributed by atoms with Crippen LogP contribution in [0.3, 0.4) is 0 Å². The lowest BCUT2D eigenvalue weighted by Gasteiger charge is -2.36. The predicted molar refractivity (Wildman–Crippen MR) is 104 cm³/mol. The molecule has 1 aliphatic rings. The van der Waals surface area contributed by atoms with Gasteiger partial charge in [-0.15, -0.1) is 0 Å². The summed E-state index contributed by atoms with van der Waals surface area (Å²) < 4.78 is 11.4. The first-order chi connectivity index (χ1) is 11.1. The molecule has 0 saturated carbocycles. The van der Waals surface area contributed by atoms with Crippen molar-refractivity contribution in [3.05, 3.63) is 24.2 Å². The predicted octanol–water partition coefficient (Wildman–Crippen LogP) is 7.11. The number of hydrogen-bond donors (Lipinski definition) is 0. The summed E-state index contributed by atoms with van der Waals surface area (Å²) in [4.78, 5) is 0. The molecular weight excluding hydrogens is 284 g/mol. The van der Waals surface area contributed by atoms with Crippen LogP contribution < -0.4 is 0 Å². The summed E-state index contributed by atoms with van der Waals surface area (Å²) in [5.41, 5.74) is 0. The Kier molecular flexibility index (Phi) is 16.9. The Balaban J connectivity index is 0. The van der Waals surface area contributed by atoms with Crippen LogP contribution in [0.15, 0.2) is 24.2 Å². The third-order valence-corrected chi connectivity index (χ3v) is 4.09. The molecule has 0 aromatic carbocycles. The van der Waals surface area contributed by atoms with E-state index in [0.717, 1.165) is 12.2 Å².